The molecule has 1 aliphatic heterocycles. The molecule has 27 heavy (non-hydrogen) atoms. The highest BCUT2D eigenvalue weighted by molar-refractivity contribution is 5.90. The average molecular weight is 371 g/mol. The van der Waals surface area contributed by atoms with Crippen molar-refractivity contribution >= 4 is 17.8 Å². The third kappa shape index (κ3) is 4.21. The van der Waals surface area contributed by atoms with Crippen LogP contribution in [0.5, 0.6) is 5.75 Å². The topological polar surface area (TPSA) is 88.5 Å². The minimum atomic E-state index is -0.225. The van der Waals surface area contributed by atoms with Gasteiger partial charge in [-0.05, 0) is 44.5 Å². The number of hydrogen-bond acceptors (Lipinski definition) is 4. The van der Waals surface area contributed by atoms with Crippen molar-refractivity contribution < 1.29 is 14.3 Å². The summed E-state index contributed by atoms with van der Waals surface area (Å²) in [5, 5.41) is 10.2. The van der Waals surface area contributed by atoms with E-state index in [0.29, 0.717) is 31.9 Å². The molecule has 0 bridgehead atoms. The van der Waals surface area contributed by atoms with Gasteiger partial charge >= 0.3 is 6.03 Å². The summed E-state index contributed by atoms with van der Waals surface area (Å²) in [6.45, 7) is 5.34. The van der Waals surface area contributed by atoms with E-state index in [2.05, 4.69) is 15.7 Å². The summed E-state index contributed by atoms with van der Waals surface area (Å²) in [7, 11) is 1.61. The van der Waals surface area contributed by atoms with Crippen molar-refractivity contribution in [2.45, 2.75) is 20.3 Å². The first-order valence-corrected chi connectivity index (χ1v) is 9.06. The van der Waals surface area contributed by atoms with Gasteiger partial charge < -0.3 is 15.0 Å². The van der Waals surface area contributed by atoms with Gasteiger partial charge in [0.15, 0.2) is 0 Å². The summed E-state index contributed by atoms with van der Waals surface area (Å²) in [6, 6.07) is 9.03. The summed E-state index contributed by atoms with van der Waals surface area (Å²) in [5.74, 6) is 1.20. The van der Waals surface area contributed by atoms with E-state index in [0.717, 1.165) is 17.1 Å². The van der Waals surface area contributed by atoms with Gasteiger partial charge in [0.05, 0.1) is 24.4 Å². The van der Waals surface area contributed by atoms with Gasteiger partial charge in [-0.15, -0.1) is 0 Å². The first-order valence-electron chi connectivity index (χ1n) is 9.06. The van der Waals surface area contributed by atoms with Crippen LogP contribution in [0.25, 0.3) is 5.69 Å². The van der Waals surface area contributed by atoms with E-state index in [-0.39, 0.29) is 17.9 Å². The van der Waals surface area contributed by atoms with Gasteiger partial charge in [0, 0.05) is 25.7 Å². The zero-order valence-electron chi connectivity index (χ0n) is 15.9. The molecule has 2 aromatic rings. The maximum absolute atomic E-state index is 12.7. The Labute approximate surface area is 158 Å². The van der Waals surface area contributed by atoms with Crippen LogP contribution in [0.15, 0.2) is 30.3 Å². The minimum absolute atomic E-state index is 0.00641. The lowest BCUT2D eigenvalue weighted by Gasteiger charge is -2.18. The second kappa shape index (κ2) is 8.11. The Hall–Kier alpha value is -3.03. The minimum Gasteiger partial charge on any atom is -0.497 e. The number of methoxy groups -OCH3 is 1. The van der Waals surface area contributed by atoms with Gasteiger partial charge in [0.25, 0.3) is 0 Å². The van der Waals surface area contributed by atoms with E-state index in [1.807, 2.05) is 44.2 Å². The number of carbonyl (C=O) groups excluding carboxylic acids is 2. The molecule has 0 unspecified atom stereocenters. The molecule has 3 rings (SSSR count). The van der Waals surface area contributed by atoms with Crippen molar-refractivity contribution in [2.24, 2.45) is 5.92 Å². The third-order valence-corrected chi connectivity index (χ3v) is 4.58. The summed E-state index contributed by atoms with van der Waals surface area (Å²) < 4.78 is 6.87. The highest BCUT2D eigenvalue weighted by Gasteiger charge is 2.31. The van der Waals surface area contributed by atoms with Crippen molar-refractivity contribution in [2.75, 3.05) is 32.1 Å². The maximum atomic E-state index is 12.7. The smallest absolute Gasteiger partial charge is 0.323 e. The number of urea groups is 1. The van der Waals surface area contributed by atoms with Crippen LogP contribution < -0.4 is 15.4 Å². The van der Waals surface area contributed by atoms with Crippen LogP contribution in [0, 0.1) is 12.8 Å². The van der Waals surface area contributed by atoms with Gasteiger partial charge in [-0.3, -0.25) is 10.1 Å². The molecular formula is C19H25N5O3. The fraction of sp³-hybridized carbons (Fsp3) is 0.421. The summed E-state index contributed by atoms with van der Waals surface area (Å²) >= 11 is 0. The number of anilines is 1. The second-order valence-electron chi connectivity index (χ2n) is 6.54. The second-order valence-corrected chi connectivity index (χ2v) is 6.54. The molecule has 0 radical (unpaired) electrons. The number of carbonyl (C=O) groups is 2. The van der Waals surface area contributed by atoms with Crippen LogP contribution in [0.3, 0.4) is 0 Å². The van der Waals surface area contributed by atoms with Crippen LogP contribution in [0.4, 0.5) is 10.6 Å². The zero-order chi connectivity index (χ0) is 19.4. The first kappa shape index (κ1) is 18.8. The van der Waals surface area contributed by atoms with Crippen molar-refractivity contribution in [3.05, 3.63) is 36.0 Å². The molecule has 1 fully saturated rings. The molecule has 3 amide bonds. The maximum Gasteiger partial charge on any atom is 0.323 e. The number of ether oxygens (including phenoxy) is 1. The lowest BCUT2D eigenvalue weighted by molar-refractivity contribution is -0.124. The molecule has 1 aromatic carbocycles. The molecule has 0 aliphatic carbocycles. The largest absolute Gasteiger partial charge is 0.497 e. The molecule has 8 nitrogen and oxygen atoms in total. The predicted molar refractivity (Wildman–Crippen MR) is 102 cm³/mol. The summed E-state index contributed by atoms with van der Waals surface area (Å²) in [5.41, 5.74) is 1.61. The van der Waals surface area contributed by atoms with E-state index in [4.69, 9.17) is 4.74 Å². The van der Waals surface area contributed by atoms with Gasteiger partial charge in [0.2, 0.25) is 5.91 Å². The Kier molecular flexibility index (Phi) is 5.63. The molecule has 2 heterocycles. The first-order chi connectivity index (χ1) is 13.0. The van der Waals surface area contributed by atoms with E-state index in [1.165, 1.54) is 0 Å². The number of nitrogens with zero attached hydrogens (tertiary/aromatic N) is 3. The Morgan fingerprint density at radius 1 is 1.30 bits per heavy atom. The molecule has 8 heteroatoms. The van der Waals surface area contributed by atoms with Crippen LogP contribution >= 0.6 is 0 Å². The van der Waals surface area contributed by atoms with Crippen molar-refractivity contribution in [1.29, 1.82) is 0 Å². The molecule has 0 saturated carbocycles. The lowest BCUT2D eigenvalue weighted by atomic mass is 10.1. The number of rotatable bonds is 5. The molecule has 144 valence electrons. The van der Waals surface area contributed by atoms with Crippen molar-refractivity contribution in [3.8, 4) is 11.4 Å². The zero-order valence-corrected chi connectivity index (χ0v) is 15.9. The van der Waals surface area contributed by atoms with Gasteiger partial charge in [-0.1, -0.05) is 0 Å². The Bertz CT molecular complexity index is 815. The molecular weight excluding hydrogens is 346 g/mol. The highest BCUT2D eigenvalue weighted by Crippen LogP contribution is 2.22. The van der Waals surface area contributed by atoms with Crippen molar-refractivity contribution in [3.63, 3.8) is 0 Å². The van der Waals surface area contributed by atoms with Gasteiger partial charge in [0.1, 0.15) is 11.6 Å². The Morgan fingerprint density at radius 3 is 2.70 bits per heavy atom. The summed E-state index contributed by atoms with van der Waals surface area (Å²) in [4.78, 5) is 26.3. The van der Waals surface area contributed by atoms with Gasteiger partial charge in [-0.2, -0.15) is 5.10 Å². The predicted octanol–water partition coefficient (Wildman–Crippen LogP) is 2.18. The normalized spacial score (nSPS) is 16.3. The molecule has 0 spiro atoms. The van der Waals surface area contributed by atoms with Crippen LogP contribution in [-0.4, -0.2) is 53.4 Å². The number of aryl methyl sites for hydroxylation is 1. The molecule has 1 aromatic heterocycles. The third-order valence-electron chi connectivity index (χ3n) is 4.58. The fourth-order valence-corrected chi connectivity index (χ4v) is 3.17. The number of nitrogens with one attached hydrogen (secondary N) is 2. The Balaban J connectivity index is 1.70. The number of hydrogen-bond donors (Lipinski definition) is 2. The number of amides is 3. The highest BCUT2D eigenvalue weighted by atomic mass is 16.5. The molecule has 2 N–H and O–H groups in total. The van der Waals surface area contributed by atoms with E-state index in [9.17, 15) is 9.59 Å². The van der Waals surface area contributed by atoms with Crippen LogP contribution in [0.2, 0.25) is 0 Å². The SMILES string of the molecule is CCNC(=O)[C@@H]1CCN(C(=O)Nc2cc(C)nn2-c2ccc(OC)cc2)C1. The Morgan fingerprint density at radius 2 is 2.04 bits per heavy atom. The van der Waals surface area contributed by atoms with E-state index >= 15 is 0 Å². The van der Waals surface area contributed by atoms with Crippen LogP contribution in [-0.2, 0) is 4.79 Å². The average Bonchev–Trinajstić information content (AvgIpc) is 3.29. The summed E-state index contributed by atoms with van der Waals surface area (Å²) in [6.07, 6.45) is 0.677. The van der Waals surface area contributed by atoms with Crippen molar-refractivity contribution in [1.82, 2.24) is 20.0 Å². The number of aromatic nitrogens is 2. The number of likely N-dealkylation sites (tertiary alicyclic amines) is 1. The fourth-order valence-electron chi connectivity index (χ4n) is 3.17. The van der Waals surface area contributed by atoms with Gasteiger partial charge in [-0.25, -0.2) is 9.48 Å². The molecule has 1 saturated heterocycles. The van der Waals surface area contributed by atoms with Crippen LogP contribution in [0.1, 0.15) is 19.0 Å². The standard InChI is InChI=1S/C19H25N5O3/c1-4-20-18(25)14-9-10-23(12-14)19(26)21-17-11-13(2)22-24(17)15-5-7-16(27-3)8-6-15/h5-8,11,14H,4,9-10,12H2,1-3H3,(H,20,25)(H,21,26)/t14-/m1/s1. The lowest BCUT2D eigenvalue weighted by Crippen LogP contribution is -2.36. The monoisotopic (exact) mass is 371 g/mol. The van der Waals surface area contributed by atoms with E-state index in [1.54, 1.807) is 16.7 Å². The number of benzene rings is 1. The molecule has 1 aliphatic rings. The quantitative estimate of drug-likeness (QED) is 0.843. The van der Waals surface area contributed by atoms with E-state index < -0.39 is 0 Å². The molecule has 1 atom stereocenters.